The molecule has 22 heavy (non-hydrogen) atoms. The van der Waals surface area contributed by atoms with Gasteiger partial charge in [0.05, 0.1) is 17.4 Å². The number of hydrogen-bond donors (Lipinski definition) is 0. The molecule has 1 atom stereocenters. The maximum absolute atomic E-state index is 12.7. The molecule has 0 bridgehead atoms. The molecular weight excluding hydrogens is 278 g/mol. The third-order valence-electron chi connectivity index (χ3n) is 4.29. The zero-order valence-electron chi connectivity index (χ0n) is 13.7. The maximum Gasteiger partial charge on any atom is 0.244 e. The van der Waals surface area contributed by atoms with Gasteiger partial charge in [-0.25, -0.2) is 4.98 Å². The molecule has 0 spiro atoms. The first-order valence-electron chi connectivity index (χ1n) is 7.76. The Hall–Kier alpha value is -2.11. The van der Waals surface area contributed by atoms with E-state index in [9.17, 15) is 4.79 Å². The highest BCUT2D eigenvalue weighted by molar-refractivity contribution is 5.76. The van der Waals surface area contributed by atoms with Crippen molar-refractivity contribution in [1.82, 2.24) is 24.2 Å². The molecule has 2 aromatic heterocycles. The quantitative estimate of drug-likeness (QED) is 0.870. The molecular formula is C16H23N5O. The van der Waals surface area contributed by atoms with Crippen LogP contribution < -0.4 is 0 Å². The zero-order valence-corrected chi connectivity index (χ0v) is 13.7. The van der Waals surface area contributed by atoms with Crippen LogP contribution in [0.3, 0.4) is 0 Å². The van der Waals surface area contributed by atoms with Gasteiger partial charge in [-0.15, -0.1) is 0 Å². The van der Waals surface area contributed by atoms with E-state index in [0.717, 1.165) is 42.3 Å². The number of likely N-dealkylation sites (tertiary alicyclic amines) is 1. The summed E-state index contributed by atoms with van der Waals surface area (Å²) < 4.78 is 3.83. The fraction of sp³-hybridized carbons (Fsp3) is 0.562. The Balaban J connectivity index is 1.79. The second-order valence-electron chi connectivity index (χ2n) is 6.18. The Kier molecular flexibility index (Phi) is 3.76. The Bertz CT molecular complexity index is 699. The molecule has 1 amide bonds. The maximum atomic E-state index is 12.7. The summed E-state index contributed by atoms with van der Waals surface area (Å²) in [7, 11) is 2.00. The van der Waals surface area contributed by atoms with Gasteiger partial charge >= 0.3 is 0 Å². The molecule has 1 unspecified atom stereocenters. The average molecular weight is 301 g/mol. The van der Waals surface area contributed by atoms with Crippen LogP contribution in [0.2, 0.25) is 0 Å². The van der Waals surface area contributed by atoms with E-state index in [2.05, 4.69) is 10.1 Å². The number of aromatic nitrogens is 4. The minimum absolute atomic E-state index is 0.0863. The van der Waals surface area contributed by atoms with Crippen molar-refractivity contribution in [3.63, 3.8) is 0 Å². The van der Waals surface area contributed by atoms with Gasteiger partial charge in [0.1, 0.15) is 12.4 Å². The van der Waals surface area contributed by atoms with Crippen molar-refractivity contribution < 1.29 is 4.79 Å². The van der Waals surface area contributed by atoms with E-state index in [0.29, 0.717) is 6.54 Å². The fourth-order valence-corrected chi connectivity index (χ4v) is 3.33. The number of carbonyl (C=O) groups is 1. The van der Waals surface area contributed by atoms with Crippen molar-refractivity contribution in [3.05, 3.63) is 35.2 Å². The van der Waals surface area contributed by atoms with E-state index < -0.39 is 0 Å². The number of hydrogen-bond acceptors (Lipinski definition) is 3. The highest BCUT2D eigenvalue weighted by Gasteiger charge is 2.32. The van der Waals surface area contributed by atoms with Crippen LogP contribution in [-0.4, -0.2) is 36.7 Å². The highest BCUT2D eigenvalue weighted by Crippen LogP contribution is 2.31. The molecule has 6 nitrogen and oxygen atoms in total. The van der Waals surface area contributed by atoms with Gasteiger partial charge in [-0.2, -0.15) is 5.10 Å². The standard InChI is InChI=1S/C16H23N5O/c1-11-8-13(3)21(18-11)10-15(22)20-7-5-6-14(20)16-17-12(2)9-19(16)4/h8-9,14H,5-7,10H2,1-4H3. The lowest BCUT2D eigenvalue weighted by molar-refractivity contribution is -0.133. The van der Waals surface area contributed by atoms with Crippen LogP contribution in [0.1, 0.15) is 41.8 Å². The molecule has 3 heterocycles. The normalized spacial score (nSPS) is 18.2. The average Bonchev–Trinajstić information content (AvgIpc) is 3.10. The SMILES string of the molecule is Cc1cn(C)c(C2CCCN2C(=O)Cn2nc(C)cc2C)n1. The summed E-state index contributed by atoms with van der Waals surface area (Å²) in [6.07, 6.45) is 4.02. The molecule has 6 heteroatoms. The molecule has 0 saturated carbocycles. The molecule has 3 rings (SSSR count). The summed E-state index contributed by atoms with van der Waals surface area (Å²) in [5.41, 5.74) is 2.97. The number of imidazole rings is 1. The minimum Gasteiger partial charge on any atom is -0.336 e. The minimum atomic E-state index is 0.0863. The lowest BCUT2D eigenvalue weighted by atomic mass is 10.2. The number of aryl methyl sites for hydroxylation is 4. The van der Waals surface area contributed by atoms with Gasteiger partial charge in [-0.05, 0) is 39.7 Å². The van der Waals surface area contributed by atoms with Crippen molar-refractivity contribution in [2.45, 2.75) is 46.2 Å². The lowest BCUT2D eigenvalue weighted by Gasteiger charge is -2.24. The molecule has 0 radical (unpaired) electrons. The van der Waals surface area contributed by atoms with Crippen molar-refractivity contribution in [2.75, 3.05) is 6.54 Å². The number of rotatable bonds is 3. The van der Waals surface area contributed by atoms with E-state index in [1.807, 2.05) is 49.5 Å². The van der Waals surface area contributed by atoms with Crippen molar-refractivity contribution in [3.8, 4) is 0 Å². The Morgan fingerprint density at radius 2 is 2.09 bits per heavy atom. The summed E-state index contributed by atoms with van der Waals surface area (Å²) in [6.45, 7) is 7.02. The molecule has 1 aliphatic rings. The van der Waals surface area contributed by atoms with E-state index >= 15 is 0 Å². The Labute approximate surface area is 130 Å². The van der Waals surface area contributed by atoms with Crippen LogP contribution in [0.4, 0.5) is 0 Å². The summed E-state index contributed by atoms with van der Waals surface area (Å²) in [4.78, 5) is 19.3. The molecule has 118 valence electrons. The first-order valence-corrected chi connectivity index (χ1v) is 7.76. The van der Waals surface area contributed by atoms with Crippen LogP contribution in [0.5, 0.6) is 0 Å². The largest absolute Gasteiger partial charge is 0.336 e. The van der Waals surface area contributed by atoms with Crippen molar-refractivity contribution in [2.24, 2.45) is 7.05 Å². The number of carbonyl (C=O) groups excluding carboxylic acids is 1. The summed E-state index contributed by atoms with van der Waals surface area (Å²) in [6, 6.07) is 2.08. The summed E-state index contributed by atoms with van der Waals surface area (Å²) >= 11 is 0. The second kappa shape index (κ2) is 5.59. The molecule has 0 N–H and O–H groups in total. The molecule has 0 aromatic carbocycles. The van der Waals surface area contributed by atoms with E-state index in [4.69, 9.17) is 0 Å². The third kappa shape index (κ3) is 2.65. The van der Waals surface area contributed by atoms with Gasteiger partial charge in [0.15, 0.2) is 0 Å². The van der Waals surface area contributed by atoms with Crippen LogP contribution in [0, 0.1) is 20.8 Å². The predicted molar refractivity (Wildman–Crippen MR) is 83.3 cm³/mol. The number of nitrogens with zero attached hydrogens (tertiary/aromatic N) is 5. The van der Waals surface area contributed by atoms with Crippen LogP contribution in [0.15, 0.2) is 12.3 Å². The smallest absolute Gasteiger partial charge is 0.244 e. The Morgan fingerprint density at radius 3 is 2.68 bits per heavy atom. The fourth-order valence-electron chi connectivity index (χ4n) is 3.33. The van der Waals surface area contributed by atoms with Crippen LogP contribution in [-0.2, 0) is 18.4 Å². The number of amides is 1. The van der Waals surface area contributed by atoms with Crippen molar-refractivity contribution in [1.29, 1.82) is 0 Å². The topological polar surface area (TPSA) is 56.0 Å². The van der Waals surface area contributed by atoms with Crippen LogP contribution in [0.25, 0.3) is 0 Å². The van der Waals surface area contributed by atoms with Gasteiger partial charge in [-0.1, -0.05) is 0 Å². The van der Waals surface area contributed by atoms with Gasteiger partial charge in [0.25, 0.3) is 0 Å². The molecule has 2 aromatic rings. The monoisotopic (exact) mass is 301 g/mol. The van der Waals surface area contributed by atoms with Crippen LogP contribution >= 0.6 is 0 Å². The first kappa shape index (κ1) is 14.8. The van der Waals surface area contributed by atoms with E-state index in [1.165, 1.54) is 0 Å². The summed E-state index contributed by atoms with van der Waals surface area (Å²) in [5, 5.41) is 4.39. The van der Waals surface area contributed by atoms with Gasteiger partial charge in [0.2, 0.25) is 5.91 Å². The molecule has 0 aliphatic carbocycles. The van der Waals surface area contributed by atoms with Gasteiger partial charge < -0.3 is 9.47 Å². The molecule has 1 fully saturated rings. The molecule has 1 saturated heterocycles. The first-order chi connectivity index (χ1) is 10.5. The van der Waals surface area contributed by atoms with E-state index in [-0.39, 0.29) is 11.9 Å². The molecule has 1 aliphatic heterocycles. The van der Waals surface area contributed by atoms with Crippen molar-refractivity contribution >= 4 is 5.91 Å². The second-order valence-corrected chi connectivity index (χ2v) is 6.18. The van der Waals surface area contributed by atoms with Gasteiger partial charge in [0, 0.05) is 25.5 Å². The summed E-state index contributed by atoms with van der Waals surface area (Å²) in [5.74, 6) is 1.10. The van der Waals surface area contributed by atoms with E-state index in [1.54, 1.807) is 4.68 Å². The predicted octanol–water partition coefficient (Wildman–Crippen LogP) is 1.91. The zero-order chi connectivity index (χ0) is 15.9. The third-order valence-corrected chi connectivity index (χ3v) is 4.29. The van der Waals surface area contributed by atoms with Gasteiger partial charge in [-0.3, -0.25) is 9.48 Å². The highest BCUT2D eigenvalue weighted by atomic mass is 16.2. The lowest BCUT2D eigenvalue weighted by Crippen LogP contribution is -2.34. The Morgan fingerprint density at radius 1 is 1.32 bits per heavy atom.